The van der Waals surface area contributed by atoms with Crippen molar-refractivity contribution in [3.8, 4) is 0 Å². The molecule has 1 unspecified atom stereocenters. The highest BCUT2D eigenvalue weighted by molar-refractivity contribution is 4.97. The Labute approximate surface area is 98.5 Å². The second kappa shape index (κ2) is 4.28. The van der Waals surface area contributed by atoms with Crippen LogP contribution in [0.4, 0.5) is 0 Å². The SMILES string of the molecule is CN1CCCC(C2(CNC3CC3)COC2)C1. The van der Waals surface area contributed by atoms with Gasteiger partial charge in [0, 0.05) is 24.5 Å². The van der Waals surface area contributed by atoms with Gasteiger partial charge in [0.2, 0.25) is 0 Å². The zero-order chi connectivity index (χ0) is 11.0. The monoisotopic (exact) mass is 224 g/mol. The standard InChI is InChI=1S/C13H24N2O/c1-15-6-2-3-11(7-15)13(9-16-10-13)8-14-12-4-5-12/h11-12,14H,2-10H2,1H3. The molecule has 1 saturated carbocycles. The van der Waals surface area contributed by atoms with Crippen molar-refractivity contribution >= 4 is 0 Å². The van der Waals surface area contributed by atoms with Crippen molar-refractivity contribution in [3.63, 3.8) is 0 Å². The summed E-state index contributed by atoms with van der Waals surface area (Å²) in [6.45, 7) is 5.73. The van der Waals surface area contributed by atoms with Crippen LogP contribution in [0.5, 0.6) is 0 Å². The maximum Gasteiger partial charge on any atom is 0.0560 e. The first-order valence-corrected chi connectivity index (χ1v) is 6.78. The molecule has 3 heteroatoms. The van der Waals surface area contributed by atoms with Gasteiger partial charge < -0.3 is 15.0 Å². The molecular weight excluding hydrogens is 200 g/mol. The average molecular weight is 224 g/mol. The molecule has 92 valence electrons. The van der Waals surface area contributed by atoms with Gasteiger partial charge in [-0.15, -0.1) is 0 Å². The fourth-order valence-electron chi connectivity index (χ4n) is 3.15. The quantitative estimate of drug-likeness (QED) is 0.774. The molecule has 1 aliphatic carbocycles. The average Bonchev–Trinajstić information content (AvgIpc) is 3.00. The molecule has 0 amide bonds. The first-order valence-electron chi connectivity index (χ1n) is 6.78. The third kappa shape index (κ3) is 2.13. The number of hydrogen-bond acceptors (Lipinski definition) is 3. The van der Waals surface area contributed by atoms with Crippen LogP contribution >= 0.6 is 0 Å². The highest BCUT2D eigenvalue weighted by atomic mass is 16.5. The van der Waals surface area contributed by atoms with Crippen LogP contribution in [0.2, 0.25) is 0 Å². The van der Waals surface area contributed by atoms with Gasteiger partial charge in [-0.1, -0.05) is 0 Å². The van der Waals surface area contributed by atoms with Gasteiger partial charge in [-0.25, -0.2) is 0 Å². The van der Waals surface area contributed by atoms with E-state index in [1.54, 1.807) is 0 Å². The third-order valence-electron chi connectivity index (χ3n) is 4.59. The first-order chi connectivity index (χ1) is 7.78. The van der Waals surface area contributed by atoms with E-state index in [1.165, 1.54) is 45.3 Å². The molecule has 0 spiro atoms. The first kappa shape index (κ1) is 11.0. The zero-order valence-electron chi connectivity index (χ0n) is 10.4. The Morgan fingerprint density at radius 3 is 2.69 bits per heavy atom. The predicted molar refractivity (Wildman–Crippen MR) is 64.5 cm³/mol. The smallest absolute Gasteiger partial charge is 0.0560 e. The highest BCUT2D eigenvalue weighted by Crippen LogP contribution is 2.40. The summed E-state index contributed by atoms with van der Waals surface area (Å²) >= 11 is 0. The summed E-state index contributed by atoms with van der Waals surface area (Å²) in [7, 11) is 2.26. The minimum absolute atomic E-state index is 0.470. The molecule has 16 heavy (non-hydrogen) atoms. The van der Waals surface area contributed by atoms with Crippen molar-refractivity contribution < 1.29 is 4.74 Å². The van der Waals surface area contributed by atoms with Crippen LogP contribution in [0, 0.1) is 11.3 Å². The number of nitrogens with one attached hydrogen (secondary N) is 1. The Bertz CT molecular complexity index is 248. The van der Waals surface area contributed by atoms with Crippen LogP contribution in [0.1, 0.15) is 25.7 Å². The molecule has 3 aliphatic rings. The molecule has 2 heterocycles. The fraction of sp³-hybridized carbons (Fsp3) is 1.00. The lowest BCUT2D eigenvalue weighted by atomic mass is 9.70. The van der Waals surface area contributed by atoms with Crippen molar-refractivity contribution in [1.82, 2.24) is 10.2 Å². The van der Waals surface area contributed by atoms with Crippen molar-refractivity contribution in [1.29, 1.82) is 0 Å². The number of piperidine rings is 1. The van der Waals surface area contributed by atoms with E-state index in [4.69, 9.17) is 4.74 Å². The maximum absolute atomic E-state index is 5.52. The summed E-state index contributed by atoms with van der Waals surface area (Å²) in [4.78, 5) is 2.49. The molecule has 3 nitrogen and oxygen atoms in total. The van der Waals surface area contributed by atoms with Crippen LogP contribution in [0.25, 0.3) is 0 Å². The second-order valence-electron chi connectivity index (χ2n) is 6.11. The number of hydrogen-bond donors (Lipinski definition) is 1. The summed E-state index contributed by atoms with van der Waals surface area (Å²) in [5.41, 5.74) is 0.470. The fourth-order valence-corrected chi connectivity index (χ4v) is 3.15. The number of ether oxygens (including phenoxy) is 1. The molecule has 3 fully saturated rings. The van der Waals surface area contributed by atoms with Crippen molar-refractivity contribution in [2.24, 2.45) is 11.3 Å². The van der Waals surface area contributed by atoms with Crippen molar-refractivity contribution in [2.45, 2.75) is 31.7 Å². The number of rotatable bonds is 4. The van der Waals surface area contributed by atoms with Crippen LogP contribution in [-0.2, 0) is 4.74 Å². The number of likely N-dealkylation sites (tertiary alicyclic amines) is 1. The lowest BCUT2D eigenvalue weighted by Crippen LogP contribution is -2.58. The van der Waals surface area contributed by atoms with Gasteiger partial charge in [0.05, 0.1) is 13.2 Å². The molecule has 0 aromatic heterocycles. The molecular formula is C13H24N2O. The minimum atomic E-state index is 0.470. The Kier molecular flexibility index (Phi) is 2.94. The van der Waals surface area contributed by atoms with E-state index >= 15 is 0 Å². The summed E-state index contributed by atoms with van der Waals surface area (Å²) in [6.07, 6.45) is 5.55. The third-order valence-corrected chi connectivity index (χ3v) is 4.59. The van der Waals surface area contributed by atoms with Gasteiger partial charge >= 0.3 is 0 Å². The maximum atomic E-state index is 5.52. The molecule has 1 atom stereocenters. The minimum Gasteiger partial charge on any atom is -0.380 e. The second-order valence-corrected chi connectivity index (χ2v) is 6.11. The van der Waals surface area contributed by atoms with E-state index in [-0.39, 0.29) is 0 Å². The van der Waals surface area contributed by atoms with Gasteiger partial charge in [-0.2, -0.15) is 0 Å². The van der Waals surface area contributed by atoms with Crippen LogP contribution in [0.3, 0.4) is 0 Å². The Hall–Kier alpha value is -0.120. The van der Waals surface area contributed by atoms with E-state index < -0.39 is 0 Å². The van der Waals surface area contributed by atoms with Crippen molar-refractivity contribution in [3.05, 3.63) is 0 Å². The van der Waals surface area contributed by atoms with E-state index in [9.17, 15) is 0 Å². The lowest BCUT2D eigenvalue weighted by Gasteiger charge is -2.50. The molecule has 1 N–H and O–H groups in total. The molecule has 2 aliphatic heterocycles. The molecule has 0 aromatic rings. The molecule has 0 aromatic carbocycles. The highest BCUT2D eigenvalue weighted by Gasteiger charge is 2.46. The van der Waals surface area contributed by atoms with Crippen LogP contribution < -0.4 is 5.32 Å². The van der Waals surface area contributed by atoms with Gasteiger partial charge in [0.1, 0.15) is 0 Å². The van der Waals surface area contributed by atoms with E-state index in [0.29, 0.717) is 5.41 Å². The van der Waals surface area contributed by atoms with Gasteiger partial charge in [0.25, 0.3) is 0 Å². The van der Waals surface area contributed by atoms with E-state index in [0.717, 1.165) is 25.2 Å². The predicted octanol–water partition coefficient (Wildman–Crippen LogP) is 1.10. The normalized spacial score (nSPS) is 34.7. The topological polar surface area (TPSA) is 24.5 Å². The summed E-state index contributed by atoms with van der Waals surface area (Å²) in [5, 5.41) is 3.71. The zero-order valence-corrected chi connectivity index (χ0v) is 10.4. The molecule has 3 rings (SSSR count). The Balaban J connectivity index is 1.58. The van der Waals surface area contributed by atoms with Crippen LogP contribution in [0.15, 0.2) is 0 Å². The number of nitrogens with zero attached hydrogens (tertiary/aromatic N) is 1. The Morgan fingerprint density at radius 2 is 2.12 bits per heavy atom. The summed E-state index contributed by atoms with van der Waals surface area (Å²) < 4.78 is 5.52. The Morgan fingerprint density at radius 1 is 1.31 bits per heavy atom. The van der Waals surface area contributed by atoms with Crippen molar-refractivity contribution in [2.75, 3.05) is 39.9 Å². The van der Waals surface area contributed by atoms with Gasteiger partial charge in [-0.05, 0) is 45.2 Å². The van der Waals surface area contributed by atoms with E-state index in [1.807, 2.05) is 0 Å². The van der Waals surface area contributed by atoms with Gasteiger partial charge in [0.15, 0.2) is 0 Å². The lowest BCUT2D eigenvalue weighted by molar-refractivity contribution is -0.153. The summed E-state index contributed by atoms with van der Waals surface area (Å²) in [5.74, 6) is 0.853. The van der Waals surface area contributed by atoms with Gasteiger partial charge in [-0.3, -0.25) is 0 Å². The summed E-state index contributed by atoms with van der Waals surface area (Å²) in [6, 6.07) is 0.832. The molecule has 0 radical (unpaired) electrons. The van der Waals surface area contributed by atoms with Crippen LogP contribution in [-0.4, -0.2) is 50.8 Å². The van der Waals surface area contributed by atoms with E-state index in [2.05, 4.69) is 17.3 Å². The molecule has 0 bridgehead atoms. The largest absolute Gasteiger partial charge is 0.380 e. The molecule has 2 saturated heterocycles.